The van der Waals surface area contributed by atoms with E-state index in [1.807, 2.05) is 39.1 Å². The van der Waals surface area contributed by atoms with Crippen LogP contribution in [0.2, 0.25) is 0 Å². The smallest absolute Gasteiger partial charge is 0.278 e. The van der Waals surface area contributed by atoms with Gasteiger partial charge in [-0.1, -0.05) is 12.1 Å². The van der Waals surface area contributed by atoms with Crippen LogP contribution in [0.25, 0.3) is 10.2 Å². The predicted molar refractivity (Wildman–Crippen MR) is 78.4 cm³/mol. The Bertz CT molecular complexity index is 534. The van der Waals surface area contributed by atoms with Gasteiger partial charge in [0.1, 0.15) is 11.6 Å². The molecule has 0 aliphatic rings. The van der Waals surface area contributed by atoms with E-state index in [0.29, 0.717) is 6.54 Å². The van der Waals surface area contributed by atoms with Crippen LogP contribution in [-0.4, -0.2) is 30.5 Å². The van der Waals surface area contributed by atoms with E-state index < -0.39 is 0 Å². The van der Waals surface area contributed by atoms with Crippen molar-refractivity contribution in [3.05, 3.63) is 29.3 Å². The fraction of sp³-hybridized carbons (Fsp3) is 0.429. The summed E-state index contributed by atoms with van der Waals surface area (Å²) in [5, 5.41) is 3.94. The molecule has 102 valence electrons. The Morgan fingerprint density at radius 3 is 2.89 bits per heavy atom. The third kappa shape index (κ3) is 3.30. The van der Waals surface area contributed by atoms with Gasteiger partial charge < -0.3 is 10.2 Å². The highest BCUT2D eigenvalue weighted by Crippen LogP contribution is 2.20. The standard InChI is InChI=1S/C14H19N3OS/c1-4-15-14(18)10(2)17(3)9-13-16-11-7-5-6-8-12(11)19-13/h5-8,10H,4,9H2,1-3H3,(H,15,18)/p+1/t10-/m1/s1. The minimum absolute atomic E-state index is 0.0630. The van der Waals surface area contributed by atoms with Crippen molar-refractivity contribution in [1.29, 1.82) is 0 Å². The lowest BCUT2D eigenvalue weighted by Gasteiger charge is -2.19. The van der Waals surface area contributed by atoms with Gasteiger partial charge in [0, 0.05) is 6.54 Å². The number of fused-ring (bicyclic) bond motifs is 1. The predicted octanol–water partition coefficient (Wildman–Crippen LogP) is 0.836. The van der Waals surface area contributed by atoms with Crippen molar-refractivity contribution >= 4 is 27.5 Å². The van der Waals surface area contributed by atoms with Crippen LogP contribution in [0.15, 0.2) is 24.3 Å². The summed E-state index contributed by atoms with van der Waals surface area (Å²) < 4.78 is 1.20. The summed E-state index contributed by atoms with van der Waals surface area (Å²) in [5.74, 6) is 0.0983. The van der Waals surface area contributed by atoms with E-state index in [0.717, 1.165) is 22.0 Å². The Balaban J connectivity index is 2.05. The molecular formula is C14H20N3OS+. The molecule has 0 fully saturated rings. The lowest BCUT2D eigenvalue weighted by molar-refractivity contribution is -0.908. The molecule has 1 amide bonds. The van der Waals surface area contributed by atoms with Gasteiger partial charge >= 0.3 is 0 Å². The van der Waals surface area contributed by atoms with Crippen LogP contribution in [0.3, 0.4) is 0 Å². The largest absolute Gasteiger partial charge is 0.351 e. The number of hydrogen-bond acceptors (Lipinski definition) is 3. The number of amides is 1. The molecule has 0 aliphatic carbocycles. The number of thiazole rings is 1. The second-order valence-corrected chi connectivity index (χ2v) is 5.83. The quantitative estimate of drug-likeness (QED) is 0.851. The van der Waals surface area contributed by atoms with E-state index in [4.69, 9.17) is 0 Å². The van der Waals surface area contributed by atoms with Crippen molar-refractivity contribution in [2.45, 2.75) is 26.4 Å². The zero-order valence-corrected chi connectivity index (χ0v) is 12.4. The number of quaternary nitrogens is 1. The molecule has 0 radical (unpaired) electrons. The molecule has 1 unspecified atom stereocenters. The molecule has 1 aromatic carbocycles. The number of para-hydroxylation sites is 1. The van der Waals surface area contributed by atoms with Crippen molar-refractivity contribution < 1.29 is 9.69 Å². The fourth-order valence-corrected chi connectivity index (χ4v) is 3.00. The van der Waals surface area contributed by atoms with E-state index in [-0.39, 0.29) is 11.9 Å². The summed E-state index contributed by atoms with van der Waals surface area (Å²) in [6.07, 6.45) is 0. The Morgan fingerprint density at radius 1 is 1.47 bits per heavy atom. The molecule has 4 nitrogen and oxygen atoms in total. The fourth-order valence-electron chi connectivity index (χ4n) is 1.94. The summed E-state index contributed by atoms with van der Waals surface area (Å²) in [4.78, 5) is 17.6. The molecule has 0 spiro atoms. The molecule has 2 aromatic rings. The van der Waals surface area contributed by atoms with Crippen LogP contribution in [0.5, 0.6) is 0 Å². The SMILES string of the molecule is CCNC(=O)[C@@H](C)[NH+](C)Cc1nc2ccccc2s1. The van der Waals surface area contributed by atoms with Crippen LogP contribution in [0.1, 0.15) is 18.9 Å². The van der Waals surface area contributed by atoms with Crippen LogP contribution >= 0.6 is 11.3 Å². The van der Waals surface area contributed by atoms with Gasteiger partial charge in [-0.15, -0.1) is 11.3 Å². The van der Waals surface area contributed by atoms with Gasteiger partial charge in [0.25, 0.3) is 5.91 Å². The summed E-state index contributed by atoms with van der Waals surface area (Å²) in [6.45, 7) is 5.34. The topological polar surface area (TPSA) is 46.4 Å². The number of rotatable bonds is 5. The molecule has 5 heteroatoms. The Labute approximate surface area is 117 Å². The molecule has 19 heavy (non-hydrogen) atoms. The molecule has 0 aliphatic heterocycles. The van der Waals surface area contributed by atoms with E-state index in [1.54, 1.807) is 11.3 Å². The Kier molecular flexibility index (Phi) is 4.50. The number of likely N-dealkylation sites (N-methyl/N-ethyl adjacent to an activating group) is 2. The molecule has 1 heterocycles. The molecule has 2 N–H and O–H groups in total. The van der Waals surface area contributed by atoms with Gasteiger partial charge in [0.2, 0.25) is 0 Å². The van der Waals surface area contributed by atoms with Gasteiger partial charge in [-0.2, -0.15) is 0 Å². The van der Waals surface area contributed by atoms with Gasteiger partial charge in [-0.25, -0.2) is 4.98 Å². The van der Waals surface area contributed by atoms with Crippen LogP contribution in [0.4, 0.5) is 0 Å². The number of benzene rings is 1. The van der Waals surface area contributed by atoms with Crippen LogP contribution in [0, 0.1) is 0 Å². The maximum absolute atomic E-state index is 11.8. The van der Waals surface area contributed by atoms with Crippen LogP contribution < -0.4 is 10.2 Å². The van der Waals surface area contributed by atoms with Crippen LogP contribution in [-0.2, 0) is 11.3 Å². The Hall–Kier alpha value is -1.46. The lowest BCUT2D eigenvalue weighted by atomic mass is 10.3. The van der Waals surface area contributed by atoms with E-state index in [2.05, 4.69) is 16.4 Å². The number of carbonyl (C=O) groups is 1. The maximum Gasteiger partial charge on any atom is 0.278 e. The van der Waals surface area contributed by atoms with E-state index in [9.17, 15) is 4.79 Å². The zero-order chi connectivity index (χ0) is 13.8. The van der Waals surface area contributed by atoms with Crippen molar-refractivity contribution in [2.24, 2.45) is 0 Å². The van der Waals surface area contributed by atoms with Crippen molar-refractivity contribution in [3.63, 3.8) is 0 Å². The minimum atomic E-state index is -0.0630. The first kappa shape index (κ1) is 14.0. The number of aromatic nitrogens is 1. The highest BCUT2D eigenvalue weighted by atomic mass is 32.1. The molecular weight excluding hydrogens is 258 g/mol. The van der Waals surface area contributed by atoms with Gasteiger partial charge in [-0.3, -0.25) is 4.79 Å². The zero-order valence-electron chi connectivity index (χ0n) is 11.6. The molecule has 0 bridgehead atoms. The molecule has 0 saturated heterocycles. The van der Waals surface area contributed by atoms with Crippen molar-refractivity contribution in [1.82, 2.24) is 10.3 Å². The van der Waals surface area contributed by atoms with Gasteiger partial charge in [0.15, 0.2) is 6.04 Å². The maximum atomic E-state index is 11.8. The molecule has 2 atom stereocenters. The number of hydrogen-bond donors (Lipinski definition) is 2. The number of carbonyl (C=O) groups excluding carboxylic acids is 1. The lowest BCUT2D eigenvalue weighted by Crippen LogP contribution is -3.12. The third-order valence-electron chi connectivity index (χ3n) is 3.25. The normalized spacial score (nSPS) is 14.3. The second-order valence-electron chi connectivity index (χ2n) is 4.71. The van der Waals surface area contributed by atoms with Crippen molar-refractivity contribution in [2.75, 3.05) is 13.6 Å². The minimum Gasteiger partial charge on any atom is -0.351 e. The first-order valence-electron chi connectivity index (χ1n) is 6.56. The van der Waals surface area contributed by atoms with E-state index in [1.165, 1.54) is 4.70 Å². The second kappa shape index (κ2) is 6.12. The summed E-state index contributed by atoms with van der Waals surface area (Å²) in [6, 6.07) is 8.07. The first-order chi connectivity index (χ1) is 9.11. The first-order valence-corrected chi connectivity index (χ1v) is 7.38. The summed E-state index contributed by atoms with van der Waals surface area (Å²) in [5.41, 5.74) is 1.04. The number of nitrogens with zero attached hydrogens (tertiary/aromatic N) is 1. The third-order valence-corrected chi connectivity index (χ3v) is 4.29. The average Bonchev–Trinajstić information content (AvgIpc) is 2.80. The van der Waals surface area contributed by atoms with Gasteiger partial charge in [-0.05, 0) is 26.0 Å². The molecule has 2 rings (SSSR count). The molecule has 1 aromatic heterocycles. The van der Waals surface area contributed by atoms with Gasteiger partial charge in [0.05, 0.1) is 17.3 Å². The van der Waals surface area contributed by atoms with Crippen molar-refractivity contribution in [3.8, 4) is 0 Å². The highest BCUT2D eigenvalue weighted by molar-refractivity contribution is 7.18. The average molecular weight is 278 g/mol. The number of nitrogens with one attached hydrogen (secondary N) is 2. The Morgan fingerprint density at radius 2 is 2.21 bits per heavy atom. The highest BCUT2D eigenvalue weighted by Gasteiger charge is 2.22. The summed E-state index contributed by atoms with van der Waals surface area (Å²) in [7, 11) is 2.03. The monoisotopic (exact) mass is 278 g/mol. The summed E-state index contributed by atoms with van der Waals surface area (Å²) >= 11 is 1.70. The van der Waals surface area contributed by atoms with E-state index >= 15 is 0 Å². The molecule has 0 saturated carbocycles.